The molecule has 0 saturated heterocycles. The molecule has 1 aromatic heterocycles. The number of para-hydroxylation sites is 1. The van der Waals surface area contributed by atoms with E-state index in [2.05, 4.69) is 71.7 Å². The van der Waals surface area contributed by atoms with Crippen LogP contribution in [0, 0.1) is 0 Å². The topological polar surface area (TPSA) is 22.1 Å². The van der Waals surface area contributed by atoms with Gasteiger partial charge in [0.15, 0.2) is 0 Å². The fraction of sp³-hybridized carbons (Fsp3) is 0. The smallest absolute Gasteiger partial charge is 0.143 e. The van der Waals surface area contributed by atoms with Gasteiger partial charge in [0.2, 0.25) is 0 Å². The Morgan fingerprint density at radius 3 is 2.13 bits per heavy atom. The van der Waals surface area contributed by atoms with Crippen LogP contribution in [0.5, 0.6) is 11.5 Å². The molecule has 5 aromatic carbocycles. The molecule has 0 spiro atoms. The van der Waals surface area contributed by atoms with Crippen LogP contribution in [-0.2, 0) is 0 Å². The van der Waals surface area contributed by atoms with Crippen molar-refractivity contribution >= 4 is 32.3 Å². The lowest BCUT2D eigenvalue weighted by atomic mass is 9.91. The highest BCUT2D eigenvalue weighted by atomic mass is 16.5. The standard InChI is InChI=1S/C29H19NO/c1-2-10-23(11-3-1)31-29-25-13-7-6-12-24(25)28(27-19-30-17-16-26(27)29)22-15-14-20-8-4-5-9-21(20)18-22/h1-19H. The average Bonchev–Trinajstić information content (AvgIpc) is 2.84. The van der Waals surface area contributed by atoms with Crippen LogP contribution >= 0.6 is 0 Å². The highest BCUT2D eigenvalue weighted by molar-refractivity contribution is 6.17. The van der Waals surface area contributed by atoms with E-state index in [1.165, 1.54) is 21.9 Å². The van der Waals surface area contributed by atoms with Gasteiger partial charge in [-0.2, -0.15) is 0 Å². The highest BCUT2D eigenvalue weighted by Gasteiger charge is 2.17. The Kier molecular flexibility index (Phi) is 4.14. The third-order valence-corrected chi connectivity index (χ3v) is 5.78. The third kappa shape index (κ3) is 3.01. The monoisotopic (exact) mass is 397 g/mol. The molecule has 0 aliphatic carbocycles. The minimum atomic E-state index is 0.823. The van der Waals surface area contributed by atoms with Crippen LogP contribution < -0.4 is 4.74 Å². The second-order valence-electron chi connectivity index (χ2n) is 7.65. The fourth-order valence-electron chi connectivity index (χ4n) is 4.35. The Labute approximate surface area is 180 Å². The first kappa shape index (κ1) is 17.7. The molecule has 31 heavy (non-hydrogen) atoms. The molecular weight excluding hydrogens is 378 g/mol. The van der Waals surface area contributed by atoms with Crippen LogP contribution in [0.1, 0.15) is 0 Å². The zero-order chi connectivity index (χ0) is 20.6. The summed E-state index contributed by atoms with van der Waals surface area (Å²) in [4.78, 5) is 4.46. The van der Waals surface area contributed by atoms with Gasteiger partial charge in [-0.3, -0.25) is 4.98 Å². The largest absolute Gasteiger partial charge is 0.456 e. The summed E-state index contributed by atoms with van der Waals surface area (Å²) in [6.45, 7) is 0. The van der Waals surface area contributed by atoms with Crippen molar-refractivity contribution in [1.82, 2.24) is 4.98 Å². The Bertz CT molecular complexity index is 1500. The number of hydrogen-bond acceptors (Lipinski definition) is 2. The summed E-state index contributed by atoms with van der Waals surface area (Å²) >= 11 is 0. The molecular formula is C29H19NO. The molecule has 0 fully saturated rings. The maximum Gasteiger partial charge on any atom is 0.143 e. The second kappa shape index (κ2) is 7.26. The molecule has 0 atom stereocenters. The van der Waals surface area contributed by atoms with E-state index in [1.807, 2.05) is 48.8 Å². The number of benzene rings is 5. The lowest BCUT2D eigenvalue weighted by Crippen LogP contribution is -1.92. The van der Waals surface area contributed by atoms with Gasteiger partial charge in [-0.15, -0.1) is 0 Å². The number of pyridine rings is 1. The van der Waals surface area contributed by atoms with Crippen molar-refractivity contribution in [2.45, 2.75) is 0 Å². The zero-order valence-electron chi connectivity index (χ0n) is 16.8. The lowest BCUT2D eigenvalue weighted by Gasteiger charge is -2.17. The predicted molar refractivity (Wildman–Crippen MR) is 129 cm³/mol. The molecule has 0 radical (unpaired) electrons. The Balaban J connectivity index is 1.69. The van der Waals surface area contributed by atoms with E-state index < -0.39 is 0 Å². The first-order valence-electron chi connectivity index (χ1n) is 10.4. The molecule has 6 rings (SSSR count). The van der Waals surface area contributed by atoms with Gasteiger partial charge in [0, 0.05) is 28.6 Å². The summed E-state index contributed by atoms with van der Waals surface area (Å²) < 4.78 is 6.44. The maximum atomic E-state index is 6.44. The maximum absolute atomic E-state index is 6.44. The third-order valence-electron chi connectivity index (χ3n) is 5.78. The number of fused-ring (bicyclic) bond motifs is 3. The minimum Gasteiger partial charge on any atom is -0.456 e. The first-order chi connectivity index (χ1) is 15.4. The van der Waals surface area contributed by atoms with E-state index >= 15 is 0 Å². The zero-order valence-corrected chi connectivity index (χ0v) is 16.8. The molecule has 2 nitrogen and oxygen atoms in total. The van der Waals surface area contributed by atoms with Crippen molar-refractivity contribution < 1.29 is 4.74 Å². The second-order valence-corrected chi connectivity index (χ2v) is 7.65. The molecule has 0 aliphatic heterocycles. The molecule has 0 saturated carbocycles. The number of aromatic nitrogens is 1. The van der Waals surface area contributed by atoms with Gasteiger partial charge >= 0.3 is 0 Å². The van der Waals surface area contributed by atoms with Crippen molar-refractivity contribution in [2.24, 2.45) is 0 Å². The van der Waals surface area contributed by atoms with Gasteiger partial charge in [-0.25, -0.2) is 0 Å². The van der Waals surface area contributed by atoms with Crippen molar-refractivity contribution in [3.05, 3.63) is 116 Å². The van der Waals surface area contributed by atoms with Gasteiger partial charge in [-0.1, -0.05) is 78.9 Å². The summed E-state index contributed by atoms with van der Waals surface area (Å²) in [7, 11) is 0. The highest BCUT2D eigenvalue weighted by Crippen LogP contribution is 2.44. The number of ether oxygens (including phenoxy) is 1. The molecule has 0 bridgehead atoms. The Morgan fingerprint density at radius 2 is 1.26 bits per heavy atom. The van der Waals surface area contributed by atoms with Crippen LogP contribution in [-0.4, -0.2) is 4.98 Å². The number of nitrogens with zero attached hydrogens (tertiary/aromatic N) is 1. The summed E-state index contributed by atoms with van der Waals surface area (Å²) in [5.41, 5.74) is 2.36. The van der Waals surface area contributed by atoms with Gasteiger partial charge in [0.05, 0.1) is 0 Å². The molecule has 2 heteroatoms. The summed E-state index contributed by atoms with van der Waals surface area (Å²) in [6.07, 6.45) is 3.78. The van der Waals surface area contributed by atoms with Gasteiger partial charge in [-0.05, 0) is 51.6 Å². The Hall–Kier alpha value is -4.17. The molecule has 1 heterocycles. The molecule has 0 amide bonds. The predicted octanol–water partition coefficient (Wildman–Crippen LogP) is 8.00. The molecule has 0 aliphatic rings. The van der Waals surface area contributed by atoms with Crippen molar-refractivity contribution in [3.8, 4) is 22.6 Å². The molecule has 0 N–H and O–H groups in total. The normalized spacial score (nSPS) is 11.2. The number of hydrogen-bond donors (Lipinski definition) is 0. The quantitative estimate of drug-likeness (QED) is 0.282. The van der Waals surface area contributed by atoms with E-state index in [-0.39, 0.29) is 0 Å². The summed E-state index contributed by atoms with van der Waals surface area (Å²) in [6, 6.07) is 35.6. The van der Waals surface area contributed by atoms with E-state index in [1.54, 1.807) is 0 Å². The van der Waals surface area contributed by atoms with E-state index in [4.69, 9.17) is 4.74 Å². The van der Waals surface area contributed by atoms with Gasteiger partial charge in [0.25, 0.3) is 0 Å². The lowest BCUT2D eigenvalue weighted by molar-refractivity contribution is 0.494. The van der Waals surface area contributed by atoms with Crippen molar-refractivity contribution in [1.29, 1.82) is 0 Å². The van der Waals surface area contributed by atoms with Crippen molar-refractivity contribution in [2.75, 3.05) is 0 Å². The first-order valence-corrected chi connectivity index (χ1v) is 10.4. The van der Waals surface area contributed by atoms with Gasteiger partial charge < -0.3 is 4.74 Å². The van der Waals surface area contributed by atoms with Crippen LogP contribution in [0.25, 0.3) is 43.4 Å². The Morgan fingerprint density at radius 1 is 0.548 bits per heavy atom. The fourth-order valence-corrected chi connectivity index (χ4v) is 4.35. The molecule has 0 unspecified atom stereocenters. The van der Waals surface area contributed by atoms with Crippen LogP contribution in [0.4, 0.5) is 0 Å². The summed E-state index contributed by atoms with van der Waals surface area (Å²) in [5, 5.41) is 6.85. The molecule has 6 aromatic rings. The van der Waals surface area contributed by atoms with Gasteiger partial charge in [0.1, 0.15) is 11.5 Å². The van der Waals surface area contributed by atoms with Crippen LogP contribution in [0.3, 0.4) is 0 Å². The average molecular weight is 397 g/mol. The van der Waals surface area contributed by atoms with E-state index in [9.17, 15) is 0 Å². The number of rotatable bonds is 3. The van der Waals surface area contributed by atoms with Crippen LogP contribution in [0.15, 0.2) is 116 Å². The minimum absolute atomic E-state index is 0.823. The van der Waals surface area contributed by atoms with E-state index in [0.29, 0.717) is 0 Å². The van der Waals surface area contributed by atoms with E-state index in [0.717, 1.165) is 33.0 Å². The van der Waals surface area contributed by atoms with Crippen LogP contribution in [0.2, 0.25) is 0 Å². The SMILES string of the molecule is c1ccc(Oc2c3ccccc3c(-c3ccc4ccccc4c3)c3cnccc23)cc1. The summed E-state index contributed by atoms with van der Waals surface area (Å²) in [5.74, 6) is 1.69. The van der Waals surface area contributed by atoms with Crippen molar-refractivity contribution in [3.63, 3.8) is 0 Å². The molecule has 146 valence electrons.